The van der Waals surface area contributed by atoms with Crippen LogP contribution in [0.25, 0.3) is 0 Å². The Kier molecular flexibility index (Phi) is 6.80. The van der Waals surface area contributed by atoms with Gasteiger partial charge in [-0.25, -0.2) is 0 Å². The number of Topliss-reactive ketones (excluding diaryl/α,β-unsaturated/α-hetero) is 1. The number of hydrogen-bond donors (Lipinski definition) is 3. The number of piperidine rings is 1. The molecule has 0 saturated carbocycles. The second kappa shape index (κ2) is 9.11. The zero-order chi connectivity index (χ0) is 20.3. The molecule has 2 aliphatic rings. The molecule has 1 amide bonds. The highest BCUT2D eigenvalue weighted by atomic mass is 35.5. The lowest BCUT2D eigenvalue weighted by Crippen LogP contribution is -2.47. The number of aliphatic hydroxyl groups excluding tert-OH is 1. The first-order valence-electron chi connectivity index (χ1n) is 9.78. The highest BCUT2D eigenvalue weighted by molar-refractivity contribution is 6.33. The molecule has 0 bridgehead atoms. The van der Waals surface area contributed by atoms with Crippen LogP contribution in [-0.4, -0.2) is 60.6 Å². The number of rotatable bonds is 7. The molecule has 0 unspecified atom stereocenters. The number of nitrogen functional groups attached to an aromatic ring is 1. The number of amides is 1. The zero-order valence-corrected chi connectivity index (χ0v) is 16.9. The fourth-order valence-electron chi connectivity index (χ4n) is 3.89. The lowest BCUT2D eigenvalue weighted by Gasteiger charge is -2.36. The van der Waals surface area contributed by atoms with Crippen LogP contribution in [-0.2, 0) is 11.2 Å². The Balaban J connectivity index is 1.53. The summed E-state index contributed by atoms with van der Waals surface area (Å²) in [6.45, 7) is 4.69. The number of anilines is 1. The maximum Gasteiger partial charge on any atom is 0.255 e. The van der Waals surface area contributed by atoms with Gasteiger partial charge in [0.2, 0.25) is 0 Å². The quantitative estimate of drug-likeness (QED) is 0.591. The molecule has 4 N–H and O–H groups in total. The van der Waals surface area contributed by atoms with E-state index in [0.717, 1.165) is 31.5 Å². The summed E-state index contributed by atoms with van der Waals surface area (Å²) in [6.07, 6.45) is 2.31. The van der Waals surface area contributed by atoms with E-state index in [4.69, 9.17) is 22.1 Å². The van der Waals surface area contributed by atoms with E-state index in [2.05, 4.69) is 10.2 Å². The zero-order valence-electron chi connectivity index (χ0n) is 16.2. The lowest BCUT2D eigenvalue weighted by molar-refractivity contribution is -0.117. The number of halogens is 1. The molecule has 7 nitrogen and oxygen atoms in total. The summed E-state index contributed by atoms with van der Waals surface area (Å²) in [5.74, 6) is 0.430. The van der Waals surface area contributed by atoms with E-state index in [1.54, 1.807) is 13.0 Å². The van der Waals surface area contributed by atoms with Crippen LogP contribution in [0.4, 0.5) is 5.69 Å². The van der Waals surface area contributed by atoms with Crippen LogP contribution in [0, 0.1) is 5.92 Å². The smallest absolute Gasteiger partial charge is 0.255 e. The minimum atomic E-state index is -0.511. The van der Waals surface area contributed by atoms with Crippen LogP contribution >= 0.6 is 11.6 Å². The van der Waals surface area contributed by atoms with Gasteiger partial charge in [0.25, 0.3) is 5.91 Å². The number of nitrogens with zero attached hydrogens (tertiary/aromatic N) is 1. The Bertz CT molecular complexity index is 755. The van der Waals surface area contributed by atoms with Gasteiger partial charge < -0.3 is 30.6 Å². The molecule has 154 valence electrons. The lowest BCUT2D eigenvalue weighted by atomic mass is 9.93. The fraction of sp³-hybridized carbons (Fsp3) is 0.600. The van der Waals surface area contributed by atoms with Crippen molar-refractivity contribution in [2.75, 3.05) is 38.5 Å². The number of nitrogens with one attached hydrogen (secondary N) is 1. The summed E-state index contributed by atoms with van der Waals surface area (Å²) < 4.78 is 5.59. The number of likely N-dealkylation sites (tertiary alicyclic amines) is 1. The fourth-order valence-corrected chi connectivity index (χ4v) is 4.12. The van der Waals surface area contributed by atoms with Gasteiger partial charge in [0, 0.05) is 37.4 Å². The third-order valence-electron chi connectivity index (χ3n) is 5.55. The number of carbonyl (C=O) groups is 2. The number of carbonyl (C=O) groups excluding carboxylic acids is 2. The molecule has 1 aromatic rings. The minimum absolute atomic E-state index is 0.00812. The summed E-state index contributed by atoms with van der Waals surface area (Å²) in [5, 5.41) is 13.7. The van der Waals surface area contributed by atoms with Crippen molar-refractivity contribution in [2.45, 2.75) is 38.7 Å². The predicted molar refractivity (Wildman–Crippen MR) is 108 cm³/mol. The van der Waals surface area contributed by atoms with Crippen molar-refractivity contribution in [3.8, 4) is 5.75 Å². The summed E-state index contributed by atoms with van der Waals surface area (Å²) in [5.41, 5.74) is 7.63. The number of ketones is 1. The molecule has 0 radical (unpaired) electrons. The normalized spacial score (nSPS) is 21.8. The topological polar surface area (TPSA) is 105 Å². The number of nitrogens with two attached hydrogens (primary N) is 1. The molecule has 1 aromatic carbocycles. The first-order valence-corrected chi connectivity index (χ1v) is 10.2. The molecule has 2 aliphatic heterocycles. The molecule has 0 aliphatic carbocycles. The van der Waals surface area contributed by atoms with Crippen molar-refractivity contribution in [3.05, 3.63) is 22.2 Å². The Morgan fingerprint density at radius 3 is 2.96 bits per heavy atom. The second-order valence-corrected chi connectivity index (χ2v) is 8.07. The van der Waals surface area contributed by atoms with Crippen molar-refractivity contribution in [2.24, 2.45) is 5.92 Å². The van der Waals surface area contributed by atoms with E-state index >= 15 is 0 Å². The van der Waals surface area contributed by atoms with Gasteiger partial charge in [-0.2, -0.15) is 0 Å². The average Bonchev–Trinajstić information content (AvgIpc) is 3.13. The molecule has 1 fully saturated rings. The molecule has 1 saturated heterocycles. The highest BCUT2D eigenvalue weighted by Crippen LogP contribution is 2.38. The first kappa shape index (κ1) is 20.9. The van der Waals surface area contributed by atoms with E-state index in [1.165, 1.54) is 0 Å². The van der Waals surface area contributed by atoms with E-state index in [0.29, 0.717) is 54.6 Å². The predicted octanol–water partition coefficient (Wildman–Crippen LogP) is 1.64. The maximum atomic E-state index is 12.7. The number of β-amino-alcohol motifs (C(OH)–C–C–N with tert-alkyl or cyclic N) is 1. The number of fused-ring (bicyclic) bond motifs is 1. The Morgan fingerprint density at radius 1 is 1.46 bits per heavy atom. The standard InChI is InChI=1S/C20H28ClN3O4/c1-12(25)3-2-6-24-7-4-13(17(26)11-24)10-23-20(27)15-9-16(21)18(22)14-5-8-28-19(14)15/h9,13,17,26H,2-8,10-11,22H2,1H3,(H,23,27)/t13-,17-/m1/s1. The van der Waals surface area contributed by atoms with Crippen molar-refractivity contribution in [1.29, 1.82) is 0 Å². The summed E-state index contributed by atoms with van der Waals surface area (Å²) >= 11 is 6.16. The van der Waals surface area contributed by atoms with Crippen molar-refractivity contribution < 1.29 is 19.4 Å². The molecular formula is C20H28ClN3O4. The van der Waals surface area contributed by atoms with Crippen LogP contribution in [0.15, 0.2) is 6.07 Å². The van der Waals surface area contributed by atoms with E-state index < -0.39 is 6.10 Å². The minimum Gasteiger partial charge on any atom is -0.492 e. The number of aliphatic hydroxyl groups is 1. The molecule has 8 heteroatoms. The molecule has 2 atom stereocenters. The van der Waals surface area contributed by atoms with Crippen LogP contribution in [0.1, 0.15) is 42.1 Å². The van der Waals surface area contributed by atoms with E-state index in [-0.39, 0.29) is 17.6 Å². The number of hydrogen-bond acceptors (Lipinski definition) is 6. The monoisotopic (exact) mass is 409 g/mol. The van der Waals surface area contributed by atoms with Crippen LogP contribution in [0.3, 0.4) is 0 Å². The van der Waals surface area contributed by atoms with Crippen molar-refractivity contribution in [3.63, 3.8) is 0 Å². The molecule has 0 spiro atoms. The molecule has 28 heavy (non-hydrogen) atoms. The average molecular weight is 410 g/mol. The number of benzene rings is 1. The van der Waals surface area contributed by atoms with Crippen molar-refractivity contribution >= 4 is 29.0 Å². The van der Waals surface area contributed by atoms with Gasteiger partial charge in [-0.1, -0.05) is 11.6 Å². The summed E-state index contributed by atoms with van der Waals surface area (Å²) in [6, 6.07) is 1.55. The molecule has 0 aromatic heterocycles. The Morgan fingerprint density at radius 2 is 2.25 bits per heavy atom. The van der Waals surface area contributed by atoms with Gasteiger partial charge in [-0.15, -0.1) is 0 Å². The summed E-state index contributed by atoms with van der Waals surface area (Å²) in [4.78, 5) is 25.9. The van der Waals surface area contributed by atoms with Gasteiger partial charge in [0.05, 0.1) is 29.0 Å². The van der Waals surface area contributed by atoms with Gasteiger partial charge in [-0.3, -0.25) is 4.79 Å². The van der Waals surface area contributed by atoms with Crippen LogP contribution < -0.4 is 15.8 Å². The van der Waals surface area contributed by atoms with Crippen LogP contribution in [0.5, 0.6) is 5.75 Å². The molecule has 2 heterocycles. The van der Waals surface area contributed by atoms with Gasteiger partial charge >= 0.3 is 0 Å². The maximum absolute atomic E-state index is 12.7. The van der Waals surface area contributed by atoms with E-state index in [1.807, 2.05) is 0 Å². The van der Waals surface area contributed by atoms with Gasteiger partial charge in [-0.05, 0) is 38.9 Å². The van der Waals surface area contributed by atoms with Crippen molar-refractivity contribution in [1.82, 2.24) is 10.2 Å². The highest BCUT2D eigenvalue weighted by Gasteiger charge is 2.29. The summed E-state index contributed by atoms with van der Waals surface area (Å²) in [7, 11) is 0. The van der Waals surface area contributed by atoms with Crippen LogP contribution in [0.2, 0.25) is 5.02 Å². The molecule has 3 rings (SSSR count). The third kappa shape index (κ3) is 4.77. The third-order valence-corrected chi connectivity index (χ3v) is 5.86. The Labute approximate surface area is 170 Å². The number of ether oxygens (including phenoxy) is 1. The van der Waals surface area contributed by atoms with Gasteiger partial charge in [0.1, 0.15) is 11.5 Å². The second-order valence-electron chi connectivity index (χ2n) is 7.66. The molecular weight excluding hydrogens is 382 g/mol. The van der Waals surface area contributed by atoms with Gasteiger partial charge in [0.15, 0.2) is 0 Å². The van der Waals surface area contributed by atoms with E-state index in [9.17, 15) is 14.7 Å². The largest absolute Gasteiger partial charge is 0.492 e. The Hall–Kier alpha value is -1.83. The SMILES string of the molecule is CC(=O)CCCN1CC[C@H](CNC(=O)c2cc(Cl)c(N)c3c2OCC3)[C@H](O)C1. The first-order chi connectivity index (χ1) is 13.4.